The van der Waals surface area contributed by atoms with Crippen LogP contribution in [0.2, 0.25) is 10.0 Å². The van der Waals surface area contributed by atoms with Crippen molar-refractivity contribution in [2.75, 3.05) is 19.3 Å². The summed E-state index contributed by atoms with van der Waals surface area (Å²) in [4.78, 5) is 13.5. The van der Waals surface area contributed by atoms with Crippen LogP contribution in [0.5, 0.6) is 0 Å². The molecule has 2 aromatic rings. The second kappa shape index (κ2) is 11.4. The molecule has 0 radical (unpaired) electrons. The minimum absolute atomic E-state index is 0.0593. The first-order chi connectivity index (χ1) is 16.7. The number of rotatable bonds is 9. The quantitative estimate of drug-likeness (QED) is 0.352. The number of amides is 1. The summed E-state index contributed by atoms with van der Waals surface area (Å²) in [5.41, 5.74) is 8.11. The molecule has 10 heteroatoms. The van der Waals surface area contributed by atoms with Gasteiger partial charge in [-0.1, -0.05) is 68.2 Å². The zero-order valence-electron chi connectivity index (χ0n) is 21.1. The van der Waals surface area contributed by atoms with Gasteiger partial charge >= 0.3 is 0 Å². The van der Waals surface area contributed by atoms with Crippen LogP contribution < -0.4 is 21.1 Å². The van der Waals surface area contributed by atoms with Gasteiger partial charge in [-0.3, -0.25) is 4.79 Å². The number of hydrogen-bond acceptors (Lipinski definition) is 5. The maximum absolute atomic E-state index is 13.5. The molecule has 36 heavy (non-hydrogen) atoms. The summed E-state index contributed by atoms with van der Waals surface area (Å²) in [5, 5.41) is 7.69. The van der Waals surface area contributed by atoms with E-state index in [-0.39, 0.29) is 23.9 Å². The third kappa shape index (κ3) is 7.21. The largest absolute Gasteiger partial charge is 0.355 e. The lowest BCUT2D eigenvalue weighted by atomic mass is 9.68. The van der Waals surface area contributed by atoms with E-state index in [0.29, 0.717) is 23.0 Å². The van der Waals surface area contributed by atoms with Gasteiger partial charge in [0.15, 0.2) is 0 Å². The van der Waals surface area contributed by atoms with E-state index in [0.717, 1.165) is 23.8 Å². The van der Waals surface area contributed by atoms with Gasteiger partial charge in [-0.25, -0.2) is 13.1 Å². The van der Waals surface area contributed by atoms with Gasteiger partial charge in [-0.2, -0.15) is 0 Å². The molecular formula is C26H36Cl2N4O3S. The molecule has 0 aromatic heterocycles. The average Bonchev–Trinajstić information content (AvgIpc) is 3.04. The third-order valence-corrected chi connectivity index (χ3v) is 7.69. The lowest BCUT2D eigenvalue weighted by Crippen LogP contribution is -2.51. The van der Waals surface area contributed by atoms with Crippen LogP contribution in [0.25, 0.3) is 0 Å². The Morgan fingerprint density at radius 3 is 2.33 bits per heavy atom. The number of benzene rings is 2. The van der Waals surface area contributed by atoms with Crippen molar-refractivity contribution in [3.63, 3.8) is 0 Å². The van der Waals surface area contributed by atoms with Gasteiger partial charge in [0.25, 0.3) is 0 Å². The Morgan fingerprint density at radius 2 is 1.75 bits per heavy atom. The van der Waals surface area contributed by atoms with Crippen molar-refractivity contribution in [3.8, 4) is 0 Å². The lowest BCUT2D eigenvalue weighted by molar-refractivity contribution is -0.123. The van der Waals surface area contributed by atoms with Crippen LogP contribution in [0.15, 0.2) is 48.5 Å². The predicted molar refractivity (Wildman–Crippen MR) is 147 cm³/mol. The molecule has 2 aromatic carbocycles. The van der Waals surface area contributed by atoms with Crippen LogP contribution in [0, 0.1) is 5.41 Å². The highest BCUT2D eigenvalue weighted by Crippen LogP contribution is 2.48. The summed E-state index contributed by atoms with van der Waals surface area (Å²) in [5.74, 6) is -0.613. The van der Waals surface area contributed by atoms with Gasteiger partial charge < -0.3 is 16.4 Å². The molecule has 0 aliphatic carbocycles. The van der Waals surface area contributed by atoms with Gasteiger partial charge in [-0.15, -0.1) is 0 Å². The Morgan fingerprint density at radius 1 is 1.08 bits per heavy atom. The molecule has 1 aliphatic heterocycles. The first-order valence-corrected chi connectivity index (χ1v) is 14.6. The van der Waals surface area contributed by atoms with Gasteiger partial charge in [-0.05, 0) is 53.6 Å². The number of nitrogens with one attached hydrogen (secondary N) is 3. The molecule has 7 nitrogen and oxygen atoms in total. The number of nitrogens with two attached hydrogens (primary N) is 1. The van der Waals surface area contributed by atoms with E-state index >= 15 is 0 Å². The fraction of sp³-hybridized carbons (Fsp3) is 0.500. The maximum Gasteiger partial charge on any atom is 0.237 e. The highest BCUT2D eigenvalue weighted by Gasteiger charge is 2.56. The third-order valence-electron chi connectivity index (χ3n) is 6.47. The van der Waals surface area contributed by atoms with Crippen molar-refractivity contribution in [3.05, 3.63) is 69.7 Å². The Hall–Kier alpha value is -1.68. The SMILES string of the molecule is CC(C)(C)C[C@@H]1N[C@@H](C(=O)NCCCNS(C)(=O)=O)[C@H](c2cccc(Cl)c2)[C@@]1(N)c1ccc(Cl)cc1. The summed E-state index contributed by atoms with van der Waals surface area (Å²) in [6.45, 7) is 7.01. The Kier molecular flexibility index (Phi) is 9.13. The molecule has 5 N–H and O–H groups in total. The van der Waals surface area contributed by atoms with Crippen molar-refractivity contribution in [2.45, 2.75) is 57.2 Å². The van der Waals surface area contributed by atoms with E-state index < -0.39 is 27.5 Å². The van der Waals surface area contributed by atoms with Crippen molar-refractivity contribution < 1.29 is 13.2 Å². The van der Waals surface area contributed by atoms with E-state index in [1.54, 1.807) is 6.07 Å². The smallest absolute Gasteiger partial charge is 0.237 e. The molecular weight excluding hydrogens is 519 g/mol. The first kappa shape index (κ1) is 28.9. The Labute approximate surface area is 224 Å². The van der Waals surface area contributed by atoms with Gasteiger partial charge in [0.2, 0.25) is 15.9 Å². The van der Waals surface area contributed by atoms with Crippen LogP contribution >= 0.6 is 23.2 Å². The van der Waals surface area contributed by atoms with E-state index in [9.17, 15) is 13.2 Å². The molecule has 4 atom stereocenters. The summed E-state index contributed by atoms with van der Waals surface area (Å²) in [6, 6.07) is 14.1. The molecule has 0 unspecified atom stereocenters. The maximum atomic E-state index is 13.5. The molecule has 198 valence electrons. The van der Waals surface area contributed by atoms with Crippen LogP contribution in [0.1, 0.15) is 50.7 Å². The highest BCUT2D eigenvalue weighted by molar-refractivity contribution is 7.88. The second-order valence-electron chi connectivity index (χ2n) is 10.7. The summed E-state index contributed by atoms with van der Waals surface area (Å²) < 4.78 is 25.0. The molecule has 0 spiro atoms. The molecule has 3 rings (SSSR count). The Balaban J connectivity index is 1.98. The number of hydrogen-bond donors (Lipinski definition) is 4. The van der Waals surface area contributed by atoms with Crippen molar-refractivity contribution in [1.82, 2.24) is 15.4 Å². The van der Waals surface area contributed by atoms with Crippen LogP contribution in [-0.4, -0.2) is 45.8 Å². The standard InChI is InChI=1S/C26H36Cl2N4O3S/c1-25(2,3)16-21-26(29,18-9-11-19(27)12-10-18)22(17-7-5-8-20(28)15-17)23(32-21)24(33)30-13-6-14-31-36(4,34)35/h5,7-12,15,21-23,31-32H,6,13-14,16,29H2,1-4H3,(H,30,33)/t21-,22-,23+,26+/m0/s1. The van der Waals surface area contributed by atoms with Gasteiger partial charge in [0.05, 0.1) is 17.8 Å². The molecule has 1 aliphatic rings. The van der Waals surface area contributed by atoms with E-state index in [4.69, 9.17) is 28.9 Å². The second-order valence-corrected chi connectivity index (χ2v) is 13.5. The van der Waals surface area contributed by atoms with E-state index in [2.05, 4.69) is 36.1 Å². The molecule has 1 heterocycles. The summed E-state index contributed by atoms with van der Waals surface area (Å²) in [6.07, 6.45) is 2.30. The van der Waals surface area contributed by atoms with Crippen molar-refractivity contribution >= 4 is 39.1 Å². The number of halogens is 2. The fourth-order valence-corrected chi connectivity index (χ4v) is 5.81. The number of carbonyl (C=O) groups excluding carboxylic acids is 1. The van der Waals surface area contributed by atoms with Crippen LogP contribution in [0.3, 0.4) is 0 Å². The van der Waals surface area contributed by atoms with E-state index in [1.165, 1.54) is 0 Å². The molecule has 0 saturated carbocycles. The van der Waals surface area contributed by atoms with Crippen molar-refractivity contribution in [2.24, 2.45) is 11.1 Å². The Bertz CT molecular complexity index is 1170. The van der Waals surface area contributed by atoms with Gasteiger partial charge in [0, 0.05) is 35.1 Å². The zero-order chi connectivity index (χ0) is 26.7. The van der Waals surface area contributed by atoms with Crippen LogP contribution in [0.4, 0.5) is 0 Å². The van der Waals surface area contributed by atoms with Crippen LogP contribution in [-0.2, 0) is 20.4 Å². The first-order valence-electron chi connectivity index (χ1n) is 12.0. The fourth-order valence-electron chi connectivity index (χ4n) is 4.97. The lowest BCUT2D eigenvalue weighted by Gasteiger charge is -2.39. The molecule has 0 bridgehead atoms. The molecule has 1 saturated heterocycles. The topological polar surface area (TPSA) is 113 Å². The summed E-state index contributed by atoms with van der Waals surface area (Å²) in [7, 11) is -3.28. The highest BCUT2D eigenvalue weighted by atomic mass is 35.5. The number of carbonyl (C=O) groups is 1. The van der Waals surface area contributed by atoms with Crippen molar-refractivity contribution in [1.29, 1.82) is 0 Å². The number of sulfonamides is 1. The van der Waals surface area contributed by atoms with Gasteiger partial charge in [0.1, 0.15) is 0 Å². The molecule has 1 fully saturated rings. The normalized spacial score (nSPS) is 24.6. The molecule has 1 amide bonds. The minimum atomic E-state index is -3.28. The summed E-state index contributed by atoms with van der Waals surface area (Å²) >= 11 is 12.6. The average molecular weight is 556 g/mol. The monoisotopic (exact) mass is 554 g/mol. The van der Waals surface area contributed by atoms with E-state index in [1.807, 2.05) is 42.5 Å². The minimum Gasteiger partial charge on any atom is -0.355 e. The zero-order valence-corrected chi connectivity index (χ0v) is 23.5. The predicted octanol–water partition coefficient (Wildman–Crippen LogP) is 3.76.